The van der Waals surface area contributed by atoms with Gasteiger partial charge < -0.3 is 15.2 Å². The van der Waals surface area contributed by atoms with Crippen LogP contribution in [0.25, 0.3) is 0 Å². The SMILES string of the molecule is Cc1cnc(CN2CCCn3nc(CNC(=O)N(C)C)cc3C2)[nH]1. The molecule has 2 aromatic heterocycles. The molecule has 3 rings (SSSR count). The van der Waals surface area contributed by atoms with E-state index in [9.17, 15) is 4.79 Å². The van der Waals surface area contributed by atoms with Crippen molar-refractivity contribution < 1.29 is 4.79 Å². The van der Waals surface area contributed by atoms with Crippen LogP contribution in [0, 0.1) is 6.92 Å². The lowest BCUT2D eigenvalue weighted by molar-refractivity contribution is 0.217. The van der Waals surface area contributed by atoms with Crippen LogP contribution in [0.2, 0.25) is 0 Å². The number of nitrogens with one attached hydrogen (secondary N) is 2. The van der Waals surface area contributed by atoms with Crippen molar-refractivity contribution in [2.45, 2.75) is 39.5 Å². The summed E-state index contributed by atoms with van der Waals surface area (Å²) >= 11 is 0. The van der Waals surface area contributed by atoms with Crippen LogP contribution in [-0.2, 0) is 26.2 Å². The highest BCUT2D eigenvalue weighted by molar-refractivity contribution is 5.73. The first-order valence-electron chi connectivity index (χ1n) is 8.25. The standard InChI is InChI=1S/C16H25N7O/c1-12-8-17-15(19-12)11-22-5-4-6-23-14(10-22)7-13(20-23)9-18-16(24)21(2)3/h7-8H,4-6,9-11H2,1-3H3,(H,17,19)(H,18,24). The highest BCUT2D eigenvalue weighted by Crippen LogP contribution is 2.15. The molecule has 0 saturated heterocycles. The van der Waals surface area contributed by atoms with Crippen LogP contribution < -0.4 is 5.32 Å². The highest BCUT2D eigenvalue weighted by Gasteiger charge is 2.18. The molecule has 2 amide bonds. The topological polar surface area (TPSA) is 82.1 Å². The first-order chi connectivity index (χ1) is 11.5. The molecule has 0 unspecified atom stereocenters. The molecule has 1 aliphatic heterocycles. The Morgan fingerprint density at radius 3 is 2.96 bits per heavy atom. The van der Waals surface area contributed by atoms with Crippen LogP contribution in [0.3, 0.4) is 0 Å². The summed E-state index contributed by atoms with van der Waals surface area (Å²) in [5.41, 5.74) is 3.17. The molecule has 0 bridgehead atoms. The molecule has 2 aromatic rings. The van der Waals surface area contributed by atoms with Gasteiger partial charge in [-0.3, -0.25) is 9.58 Å². The number of aryl methyl sites for hydroxylation is 2. The quantitative estimate of drug-likeness (QED) is 0.879. The van der Waals surface area contributed by atoms with Crippen molar-refractivity contribution in [3.8, 4) is 0 Å². The number of hydrogen-bond acceptors (Lipinski definition) is 4. The van der Waals surface area contributed by atoms with E-state index >= 15 is 0 Å². The van der Waals surface area contributed by atoms with E-state index in [4.69, 9.17) is 0 Å². The summed E-state index contributed by atoms with van der Waals surface area (Å²) in [4.78, 5) is 23.2. The van der Waals surface area contributed by atoms with Gasteiger partial charge in [0.1, 0.15) is 5.82 Å². The van der Waals surface area contributed by atoms with E-state index in [-0.39, 0.29) is 6.03 Å². The molecule has 0 aliphatic carbocycles. The van der Waals surface area contributed by atoms with E-state index in [1.165, 1.54) is 10.6 Å². The normalized spacial score (nSPS) is 15.0. The van der Waals surface area contributed by atoms with Crippen LogP contribution >= 0.6 is 0 Å². The van der Waals surface area contributed by atoms with Crippen LogP contribution in [0.4, 0.5) is 4.79 Å². The Hall–Kier alpha value is -2.35. The molecule has 3 heterocycles. The minimum atomic E-state index is -0.104. The van der Waals surface area contributed by atoms with Crippen molar-refractivity contribution in [1.82, 2.24) is 34.9 Å². The largest absolute Gasteiger partial charge is 0.345 e. The molecule has 24 heavy (non-hydrogen) atoms. The number of H-pyrrole nitrogens is 1. The molecule has 0 saturated carbocycles. The maximum absolute atomic E-state index is 11.6. The lowest BCUT2D eigenvalue weighted by Crippen LogP contribution is -2.34. The van der Waals surface area contributed by atoms with Gasteiger partial charge in [-0.2, -0.15) is 5.10 Å². The van der Waals surface area contributed by atoms with Gasteiger partial charge in [-0.25, -0.2) is 9.78 Å². The third kappa shape index (κ3) is 3.94. The molecule has 8 nitrogen and oxygen atoms in total. The third-order valence-electron chi connectivity index (χ3n) is 4.10. The summed E-state index contributed by atoms with van der Waals surface area (Å²) in [6.07, 6.45) is 2.92. The number of fused-ring (bicyclic) bond motifs is 1. The smallest absolute Gasteiger partial charge is 0.317 e. The molecular weight excluding hydrogens is 306 g/mol. The summed E-state index contributed by atoms with van der Waals surface area (Å²) < 4.78 is 2.06. The van der Waals surface area contributed by atoms with E-state index in [0.29, 0.717) is 6.54 Å². The average molecular weight is 331 g/mol. The van der Waals surface area contributed by atoms with Crippen LogP contribution in [0.1, 0.15) is 29.3 Å². The van der Waals surface area contributed by atoms with E-state index < -0.39 is 0 Å². The van der Waals surface area contributed by atoms with Gasteiger partial charge in [-0.05, 0) is 19.4 Å². The number of aromatic nitrogens is 4. The predicted molar refractivity (Wildman–Crippen MR) is 90.2 cm³/mol. The van der Waals surface area contributed by atoms with Gasteiger partial charge in [0, 0.05) is 45.6 Å². The van der Waals surface area contributed by atoms with Crippen LogP contribution in [-0.4, -0.2) is 56.2 Å². The minimum Gasteiger partial charge on any atom is -0.345 e. The zero-order chi connectivity index (χ0) is 17.1. The number of nitrogens with zero attached hydrogens (tertiary/aromatic N) is 5. The lowest BCUT2D eigenvalue weighted by atomic mass is 10.3. The molecule has 0 spiro atoms. The summed E-state index contributed by atoms with van der Waals surface area (Å²) in [5, 5.41) is 7.48. The number of hydrogen-bond donors (Lipinski definition) is 2. The van der Waals surface area contributed by atoms with Gasteiger partial charge in [0.05, 0.1) is 24.5 Å². The molecular formula is C16H25N7O. The molecule has 1 aliphatic rings. The molecule has 0 radical (unpaired) electrons. The minimum absolute atomic E-state index is 0.104. The maximum atomic E-state index is 11.6. The zero-order valence-corrected chi connectivity index (χ0v) is 14.5. The van der Waals surface area contributed by atoms with Crippen LogP contribution in [0.15, 0.2) is 12.3 Å². The van der Waals surface area contributed by atoms with E-state index in [0.717, 1.165) is 49.8 Å². The fraction of sp³-hybridized carbons (Fsp3) is 0.562. The predicted octanol–water partition coefficient (Wildman–Crippen LogP) is 1.09. The Kier molecular flexibility index (Phi) is 4.84. The third-order valence-corrected chi connectivity index (χ3v) is 4.10. The summed E-state index contributed by atoms with van der Waals surface area (Å²) in [5.74, 6) is 0.999. The second-order valence-corrected chi connectivity index (χ2v) is 6.48. The number of aromatic amines is 1. The number of rotatable bonds is 4. The van der Waals surface area contributed by atoms with Gasteiger partial charge in [0.2, 0.25) is 0 Å². The Morgan fingerprint density at radius 1 is 1.42 bits per heavy atom. The van der Waals surface area contributed by atoms with Gasteiger partial charge in [0.15, 0.2) is 0 Å². The molecule has 0 fully saturated rings. The van der Waals surface area contributed by atoms with Crippen molar-refractivity contribution in [3.05, 3.63) is 35.2 Å². The maximum Gasteiger partial charge on any atom is 0.317 e. The Morgan fingerprint density at radius 2 is 2.25 bits per heavy atom. The Bertz CT molecular complexity index is 703. The Labute approximate surface area is 141 Å². The van der Waals surface area contributed by atoms with Crippen molar-refractivity contribution in [2.24, 2.45) is 0 Å². The molecule has 0 aromatic carbocycles. The number of imidazole rings is 1. The average Bonchev–Trinajstić information content (AvgIpc) is 3.06. The molecule has 8 heteroatoms. The van der Waals surface area contributed by atoms with Crippen molar-refractivity contribution in [2.75, 3.05) is 20.6 Å². The number of carbonyl (C=O) groups is 1. The monoisotopic (exact) mass is 331 g/mol. The molecule has 0 atom stereocenters. The number of carbonyl (C=O) groups excluding carboxylic acids is 1. The van der Waals surface area contributed by atoms with Gasteiger partial charge in [-0.1, -0.05) is 0 Å². The van der Waals surface area contributed by atoms with E-state index in [2.05, 4.69) is 36.0 Å². The van der Waals surface area contributed by atoms with Crippen molar-refractivity contribution in [3.63, 3.8) is 0 Å². The summed E-state index contributed by atoms with van der Waals surface area (Å²) in [6.45, 7) is 6.05. The summed E-state index contributed by atoms with van der Waals surface area (Å²) in [6, 6.07) is 1.98. The van der Waals surface area contributed by atoms with Gasteiger partial charge >= 0.3 is 6.03 Å². The molecule has 130 valence electrons. The highest BCUT2D eigenvalue weighted by atomic mass is 16.2. The second kappa shape index (κ2) is 7.04. The van der Waals surface area contributed by atoms with Gasteiger partial charge in [0.25, 0.3) is 0 Å². The fourth-order valence-electron chi connectivity index (χ4n) is 2.89. The van der Waals surface area contributed by atoms with E-state index in [1.807, 2.05) is 13.1 Å². The summed E-state index contributed by atoms with van der Waals surface area (Å²) in [7, 11) is 3.46. The van der Waals surface area contributed by atoms with Gasteiger partial charge in [-0.15, -0.1) is 0 Å². The lowest BCUT2D eigenvalue weighted by Gasteiger charge is -2.17. The molecule has 2 N–H and O–H groups in total. The number of amides is 2. The van der Waals surface area contributed by atoms with Crippen molar-refractivity contribution in [1.29, 1.82) is 0 Å². The van der Waals surface area contributed by atoms with E-state index in [1.54, 1.807) is 14.1 Å². The van der Waals surface area contributed by atoms with Crippen LogP contribution in [0.5, 0.6) is 0 Å². The Balaban J connectivity index is 1.63. The zero-order valence-electron chi connectivity index (χ0n) is 14.5. The second-order valence-electron chi connectivity index (χ2n) is 6.48. The van der Waals surface area contributed by atoms with Crippen molar-refractivity contribution >= 4 is 6.03 Å². The first kappa shape index (κ1) is 16.5. The number of urea groups is 1. The fourth-order valence-corrected chi connectivity index (χ4v) is 2.89. The first-order valence-corrected chi connectivity index (χ1v) is 8.25.